The zero-order valence-electron chi connectivity index (χ0n) is 7.43. The number of carbonyl (C=O) groups is 1. The minimum absolute atomic E-state index is 0.134. The molecule has 1 aliphatic rings. The fraction of sp³-hybridized carbons (Fsp3) is 0. The van der Waals surface area contributed by atoms with Gasteiger partial charge in [-0.15, -0.1) is 0 Å². The second-order valence-corrected chi connectivity index (χ2v) is 3.03. The maximum absolute atomic E-state index is 10.9. The van der Waals surface area contributed by atoms with Crippen LogP contribution in [0.3, 0.4) is 0 Å². The molecular formula is C7H6BN3O4. The van der Waals surface area contributed by atoms with Crippen molar-refractivity contribution >= 4 is 29.9 Å². The van der Waals surface area contributed by atoms with Gasteiger partial charge >= 0.3 is 13.1 Å². The maximum Gasteiger partial charge on any atom is 0.452 e. The van der Waals surface area contributed by atoms with Crippen LogP contribution in [0, 0.1) is 10.1 Å². The normalized spacial score (nSPS) is 13.9. The highest BCUT2D eigenvalue weighted by atomic mass is 16.6. The molecule has 0 aliphatic carbocycles. The summed E-state index contributed by atoms with van der Waals surface area (Å²) in [6.07, 6.45) is 0. The van der Waals surface area contributed by atoms with Gasteiger partial charge in [0.1, 0.15) is 0 Å². The molecule has 1 heterocycles. The first-order chi connectivity index (χ1) is 7.08. The summed E-state index contributed by atoms with van der Waals surface area (Å²) < 4.78 is 0. The Morgan fingerprint density at radius 3 is 2.87 bits per heavy atom. The Labute approximate surface area is 84.4 Å². The van der Waals surface area contributed by atoms with E-state index in [0.717, 1.165) is 0 Å². The first-order valence-corrected chi connectivity index (χ1v) is 4.12. The average molecular weight is 207 g/mol. The Hall–Kier alpha value is -2.09. The Morgan fingerprint density at radius 2 is 2.20 bits per heavy atom. The molecule has 1 aliphatic heterocycles. The lowest BCUT2D eigenvalue weighted by Gasteiger charge is -2.19. The van der Waals surface area contributed by atoms with Crippen molar-refractivity contribution in [3.05, 3.63) is 28.3 Å². The quantitative estimate of drug-likeness (QED) is 0.325. The molecular weight excluding hydrogens is 201 g/mol. The molecule has 3 N–H and O–H groups in total. The van der Waals surface area contributed by atoms with Gasteiger partial charge in [0.05, 0.1) is 4.92 Å². The van der Waals surface area contributed by atoms with E-state index in [1.54, 1.807) is 0 Å². The van der Waals surface area contributed by atoms with E-state index >= 15 is 0 Å². The van der Waals surface area contributed by atoms with Gasteiger partial charge in [0.25, 0.3) is 5.69 Å². The fourth-order valence-electron chi connectivity index (χ4n) is 1.36. The third kappa shape index (κ3) is 1.62. The van der Waals surface area contributed by atoms with Crippen molar-refractivity contribution in [2.24, 2.45) is 0 Å². The number of nitrogens with one attached hydrogen (secondary N) is 2. The van der Waals surface area contributed by atoms with Crippen molar-refractivity contribution in [1.29, 1.82) is 0 Å². The number of hydrogen-bond donors (Lipinski definition) is 3. The molecule has 0 saturated heterocycles. The second kappa shape index (κ2) is 3.25. The van der Waals surface area contributed by atoms with Crippen molar-refractivity contribution in [3.63, 3.8) is 0 Å². The Morgan fingerprint density at radius 1 is 1.47 bits per heavy atom. The SMILES string of the molecule is O=C1NB(O)c2cc([N+](=O)[O-])ccc2N1. The lowest BCUT2D eigenvalue weighted by atomic mass is 9.72. The number of non-ortho nitro benzene ring substituents is 1. The molecule has 0 bridgehead atoms. The van der Waals surface area contributed by atoms with Crippen molar-refractivity contribution in [3.8, 4) is 0 Å². The summed E-state index contributed by atoms with van der Waals surface area (Å²) in [6.45, 7) is 0. The van der Waals surface area contributed by atoms with Crippen LogP contribution in [0.4, 0.5) is 16.2 Å². The van der Waals surface area contributed by atoms with Crippen LogP contribution in [0.5, 0.6) is 0 Å². The highest BCUT2D eigenvalue weighted by molar-refractivity contribution is 6.69. The number of hydrogen-bond acceptors (Lipinski definition) is 4. The van der Waals surface area contributed by atoms with Gasteiger partial charge in [-0.3, -0.25) is 10.1 Å². The summed E-state index contributed by atoms with van der Waals surface area (Å²) in [5.74, 6) is 0. The van der Waals surface area contributed by atoms with Crippen LogP contribution in [-0.4, -0.2) is 23.0 Å². The van der Waals surface area contributed by atoms with Gasteiger partial charge in [-0.05, 0) is 6.07 Å². The number of carbonyl (C=O) groups excluding carboxylic acids is 1. The fourth-order valence-corrected chi connectivity index (χ4v) is 1.36. The second-order valence-electron chi connectivity index (χ2n) is 3.03. The molecule has 2 amide bonds. The number of nitro groups is 1. The third-order valence-electron chi connectivity index (χ3n) is 2.06. The van der Waals surface area contributed by atoms with Gasteiger partial charge in [-0.25, -0.2) is 4.79 Å². The molecule has 76 valence electrons. The summed E-state index contributed by atoms with van der Waals surface area (Å²) in [5, 5.41) is 24.5. The molecule has 0 atom stereocenters. The summed E-state index contributed by atoms with van der Waals surface area (Å²) >= 11 is 0. The molecule has 0 unspecified atom stereocenters. The number of fused-ring (bicyclic) bond motifs is 1. The van der Waals surface area contributed by atoms with Crippen molar-refractivity contribution in [2.45, 2.75) is 0 Å². The predicted octanol–water partition coefficient (Wildman–Crippen LogP) is -0.583. The monoisotopic (exact) mass is 207 g/mol. The molecule has 0 spiro atoms. The standard InChI is InChI=1S/C7H6BN3O4/c12-7-9-6-2-1-4(11(14)15)3-5(6)8(13)10-7/h1-3,13H,(H2,9,10,12). The Bertz CT molecular complexity index is 450. The third-order valence-corrected chi connectivity index (χ3v) is 2.06. The van der Waals surface area contributed by atoms with E-state index in [9.17, 15) is 19.9 Å². The molecule has 0 fully saturated rings. The van der Waals surface area contributed by atoms with Gasteiger partial charge in [0.15, 0.2) is 0 Å². The number of benzene rings is 1. The van der Waals surface area contributed by atoms with Crippen molar-refractivity contribution in [1.82, 2.24) is 5.23 Å². The van der Waals surface area contributed by atoms with Gasteiger partial charge < -0.3 is 15.6 Å². The topological polar surface area (TPSA) is 104 Å². The maximum atomic E-state index is 10.9. The van der Waals surface area contributed by atoms with Crippen LogP contribution < -0.4 is 16.0 Å². The van der Waals surface area contributed by atoms with Crippen molar-refractivity contribution < 1.29 is 14.7 Å². The van der Waals surface area contributed by atoms with Crippen LogP contribution in [0.15, 0.2) is 18.2 Å². The molecule has 1 aromatic carbocycles. The number of rotatable bonds is 1. The highest BCUT2D eigenvalue weighted by Gasteiger charge is 2.28. The van der Waals surface area contributed by atoms with E-state index in [-0.39, 0.29) is 11.2 Å². The molecule has 15 heavy (non-hydrogen) atoms. The Balaban J connectivity index is 2.48. The number of amides is 2. The lowest BCUT2D eigenvalue weighted by molar-refractivity contribution is -0.384. The minimum atomic E-state index is -1.21. The largest absolute Gasteiger partial charge is 0.452 e. The zero-order chi connectivity index (χ0) is 11.0. The molecule has 7 nitrogen and oxygen atoms in total. The summed E-state index contributed by atoms with van der Waals surface area (Å²) in [6, 6.07) is 3.32. The molecule has 0 saturated carbocycles. The Kier molecular flexibility index (Phi) is 2.05. The van der Waals surface area contributed by atoms with E-state index in [0.29, 0.717) is 5.69 Å². The van der Waals surface area contributed by atoms with Gasteiger partial charge in [0, 0.05) is 23.3 Å². The van der Waals surface area contributed by atoms with E-state index < -0.39 is 18.0 Å². The van der Waals surface area contributed by atoms with Crippen LogP contribution >= 0.6 is 0 Å². The van der Waals surface area contributed by atoms with Gasteiger partial charge in [-0.1, -0.05) is 0 Å². The molecule has 1 aromatic rings. The summed E-state index contributed by atoms with van der Waals surface area (Å²) in [5.41, 5.74) is 0.520. The zero-order valence-corrected chi connectivity index (χ0v) is 7.43. The van der Waals surface area contributed by atoms with E-state index in [1.165, 1.54) is 18.2 Å². The molecule has 8 heteroatoms. The number of nitro benzene ring substituents is 1. The van der Waals surface area contributed by atoms with Gasteiger partial charge in [0.2, 0.25) is 0 Å². The van der Waals surface area contributed by atoms with Crippen LogP contribution in [-0.2, 0) is 0 Å². The number of urea groups is 1. The first kappa shape index (κ1) is 9.47. The number of anilines is 1. The summed E-state index contributed by atoms with van der Waals surface area (Å²) in [7, 11) is -1.21. The summed E-state index contributed by atoms with van der Waals surface area (Å²) in [4.78, 5) is 20.8. The first-order valence-electron chi connectivity index (χ1n) is 4.12. The van der Waals surface area contributed by atoms with Crippen molar-refractivity contribution in [2.75, 3.05) is 5.32 Å². The lowest BCUT2D eigenvalue weighted by Crippen LogP contribution is -2.55. The van der Waals surface area contributed by atoms with Crippen LogP contribution in [0.25, 0.3) is 0 Å². The van der Waals surface area contributed by atoms with E-state index in [4.69, 9.17) is 0 Å². The smallest absolute Gasteiger partial charge is 0.428 e. The van der Waals surface area contributed by atoms with E-state index in [2.05, 4.69) is 10.5 Å². The predicted molar refractivity (Wildman–Crippen MR) is 52.9 cm³/mol. The number of nitrogens with zero attached hydrogens (tertiary/aromatic N) is 1. The molecule has 0 radical (unpaired) electrons. The van der Waals surface area contributed by atoms with E-state index in [1.807, 2.05) is 0 Å². The molecule has 0 aromatic heterocycles. The van der Waals surface area contributed by atoms with Crippen LogP contribution in [0.2, 0.25) is 0 Å². The van der Waals surface area contributed by atoms with Gasteiger partial charge in [-0.2, -0.15) is 0 Å². The minimum Gasteiger partial charge on any atom is -0.428 e. The molecule has 2 rings (SSSR count). The highest BCUT2D eigenvalue weighted by Crippen LogP contribution is 2.15. The average Bonchev–Trinajstić information content (AvgIpc) is 2.16. The van der Waals surface area contributed by atoms with Crippen LogP contribution in [0.1, 0.15) is 0 Å².